The standard InChI is InChI=1S/C10H14N4O2.C5H3BrN2O2/c15-14(16)10-3-2-9(8-12-10)13-6-1-4-11-5-7-13;6-4-1-2-5(7-3-4)8(9)10/h2-3,8,11H,1,4-7H2;1-3H. The number of rotatable bonds is 3. The molecule has 0 atom stereocenters. The zero-order valence-corrected chi connectivity index (χ0v) is 15.3. The van der Waals surface area contributed by atoms with Crippen LogP contribution in [0.25, 0.3) is 0 Å². The Morgan fingerprint density at radius 3 is 2.15 bits per heavy atom. The first-order chi connectivity index (χ1) is 12.5. The summed E-state index contributed by atoms with van der Waals surface area (Å²) in [5, 5.41) is 23.8. The van der Waals surface area contributed by atoms with Crippen LogP contribution in [0.2, 0.25) is 0 Å². The lowest BCUT2D eigenvalue weighted by Crippen LogP contribution is -2.27. The molecule has 0 radical (unpaired) electrons. The molecule has 1 saturated heterocycles. The van der Waals surface area contributed by atoms with E-state index in [0.29, 0.717) is 0 Å². The predicted octanol–water partition coefficient (Wildman–Crippen LogP) is 2.54. The minimum Gasteiger partial charge on any atom is -0.367 e. The summed E-state index contributed by atoms with van der Waals surface area (Å²) in [6, 6.07) is 6.12. The van der Waals surface area contributed by atoms with Gasteiger partial charge in [-0.15, -0.1) is 0 Å². The molecular weight excluding hydrogens is 408 g/mol. The number of pyridine rings is 2. The fraction of sp³-hybridized carbons (Fsp3) is 0.333. The molecule has 138 valence electrons. The number of nitrogens with zero attached hydrogens (tertiary/aromatic N) is 5. The van der Waals surface area contributed by atoms with E-state index in [-0.39, 0.29) is 11.6 Å². The Kier molecular flexibility index (Phi) is 7.36. The number of nitro groups is 2. The molecule has 1 fully saturated rings. The lowest BCUT2D eigenvalue weighted by molar-refractivity contribution is -0.389. The number of aromatic nitrogens is 2. The van der Waals surface area contributed by atoms with E-state index in [1.165, 1.54) is 18.3 Å². The van der Waals surface area contributed by atoms with Crippen molar-refractivity contribution in [3.8, 4) is 0 Å². The van der Waals surface area contributed by atoms with Gasteiger partial charge in [-0.05, 0) is 60.8 Å². The van der Waals surface area contributed by atoms with Crippen molar-refractivity contribution in [2.24, 2.45) is 0 Å². The average Bonchev–Trinajstić information content (AvgIpc) is 2.92. The van der Waals surface area contributed by atoms with Gasteiger partial charge < -0.3 is 30.4 Å². The Bertz CT molecular complexity index is 733. The molecule has 3 heterocycles. The van der Waals surface area contributed by atoms with E-state index in [9.17, 15) is 20.2 Å². The fourth-order valence-corrected chi connectivity index (χ4v) is 2.49. The monoisotopic (exact) mass is 424 g/mol. The maximum atomic E-state index is 10.5. The molecule has 0 amide bonds. The maximum absolute atomic E-state index is 10.5. The SMILES string of the molecule is O=[N+]([O-])c1ccc(Br)cn1.O=[N+]([O-])c1ccc(N2CCCNCC2)cn1. The third-order valence-corrected chi connectivity index (χ3v) is 3.99. The molecule has 0 saturated carbocycles. The molecule has 10 nitrogen and oxygen atoms in total. The van der Waals surface area contributed by atoms with Crippen LogP contribution >= 0.6 is 15.9 Å². The highest BCUT2D eigenvalue weighted by Gasteiger charge is 2.13. The summed E-state index contributed by atoms with van der Waals surface area (Å²) in [7, 11) is 0. The van der Waals surface area contributed by atoms with Gasteiger partial charge in [0.25, 0.3) is 0 Å². The van der Waals surface area contributed by atoms with Crippen molar-refractivity contribution in [1.82, 2.24) is 15.3 Å². The first-order valence-corrected chi connectivity index (χ1v) is 8.58. The van der Waals surface area contributed by atoms with Crippen molar-refractivity contribution in [3.05, 3.63) is 61.4 Å². The molecule has 2 aromatic rings. The van der Waals surface area contributed by atoms with Crippen molar-refractivity contribution in [2.75, 3.05) is 31.1 Å². The van der Waals surface area contributed by atoms with E-state index in [4.69, 9.17) is 0 Å². The van der Waals surface area contributed by atoms with Gasteiger partial charge in [0, 0.05) is 31.8 Å². The van der Waals surface area contributed by atoms with Gasteiger partial charge in [-0.1, -0.05) is 0 Å². The van der Waals surface area contributed by atoms with E-state index in [2.05, 4.69) is 36.1 Å². The molecule has 0 aromatic carbocycles. The third kappa shape index (κ3) is 6.01. The highest BCUT2D eigenvalue weighted by Crippen LogP contribution is 2.16. The van der Waals surface area contributed by atoms with Gasteiger partial charge in [-0.2, -0.15) is 0 Å². The Balaban J connectivity index is 0.000000209. The Hall–Kier alpha value is -2.66. The van der Waals surface area contributed by atoms with Gasteiger partial charge in [0.05, 0.1) is 10.2 Å². The average molecular weight is 425 g/mol. The summed E-state index contributed by atoms with van der Waals surface area (Å²) >= 11 is 3.11. The molecule has 0 unspecified atom stereocenters. The lowest BCUT2D eigenvalue weighted by atomic mass is 10.3. The number of nitrogens with one attached hydrogen (secondary N) is 1. The zero-order valence-electron chi connectivity index (χ0n) is 13.7. The van der Waals surface area contributed by atoms with Crippen LogP contribution in [0.4, 0.5) is 17.3 Å². The van der Waals surface area contributed by atoms with Crippen molar-refractivity contribution < 1.29 is 9.85 Å². The molecule has 1 aliphatic rings. The van der Waals surface area contributed by atoms with Crippen LogP contribution in [-0.2, 0) is 0 Å². The summed E-state index contributed by atoms with van der Waals surface area (Å²) in [6.45, 7) is 3.85. The van der Waals surface area contributed by atoms with Crippen LogP contribution in [0.15, 0.2) is 41.1 Å². The molecule has 26 heavy (non-hydrogen) atoms. The number of hydrogen-bond acceptors (Lipinski definition) is 8. The normalized spacial score (nSPS) is 14.0. The molecule has 1 N–H and O–H groups in total. The Morgan fingerprint density at radius 1 is 0.962 bits per heavy atom. The predicted molar refractivity (Wildman–Crippen MR) is 99.2 cm³/mol. The Morgan fingerprint density at radius 2 is 1.62 bits per heavy atom. The van der Waals surface area contributed by atoms with Crippen LogP contribution < -0.4 is 10.2 Å². The van der Waals surface area contributed by atoms with Crippen molar-refractivity contribution >= 4 is 33.3 Å². The Labute approximate surface area is 157 Å². The van der Waals surface area contributed by atoms with Crippen LogP contribution in [0, 0.1) is 20.2 Å². The van der Waals surface area contributed by atoms with E-state index < -0.39 is 9.85 Å². The number of hydrogen-bond donors (Lipinski definition) is 1. The number of anilines is 1. The summed E-state index contributed by atoms with van der Waals surface area (Å²) in [6.07, 6.45) is 4.04. The molecule has 11 heteroatoms. The molecule has 2 aromatic heterocycles. The van der Waals surface area contributed by atoms with Crippen molar-refractivity contribution in [1.29, 1.82) is 0 Å². The van der Waals surface area contributed by atoms with Crippen LogP contribution in [-0.4, -0.2) is 46.0 Å². The third-order valence-electron chi connectivity index (χ3n) is 3.52. The van der Waals surface area contributed by atoms with E-state index in [1.807, 2.05) is 0 Å². The largest absolute Gasteiger partial charge is 0.367 e. The van der Waals surface area contributed by atoms with Crippen LogP contribution in [0.1, 0.15) is 6.42 Å². The van der Waals surface area contributed by atoms with E-state index in [0.717, 1.165) is 42.8 Å². The molecule has 3 rings (SSSR count). The van der Waals surface area contributed by atoms with Crippen LogP contribution in [0.3, 0.4) is 0 Å². The van der Waals surface area contributed by atoms with Gasteiger partial charge >= 0.3 is 11.6 Å². The summed E-state index contributed by atoms with van der Waals surface area (Å²) in [4.78, 5) is 29.0. The van der Waals surface area contributed by atoms with E-state index in [1.54, 1.807) is 18.3 Å². The molecule has 1 aliphatic heterocycles. The molecule has 0 bridgehead atoms. The van der Waals surface area contributed by atoms with Crippen LogP contribution in [0.5, 0.6) is 0 Å². The quantitative estimate of drug-likeness (QED) is 0.587. The maximum Gasteiger partial charge on any atom is 0.363 e. The molecular formula is C15H17BrN6O4. The highest BCUT2D eigenvalue weighted by atomic mass is 79.9. The highest BCUT2D eigenvalue weighted by molar-refractivity contribution is 9.10. The zero-order chi connectivity index (χ0) is 18.9. The summed E-state index contributed by atoms with van der Waals surface area (Å²) < 4.78 is 0.734. The smallest absolute Gasteiger partial charge is 0.363 e. The fourth-order valence-electron chi connectivity index (χ4n) is 2.25. The van der Waals surface area contributed by atoms with Crippen molar-refractivity contribution in [2.45, 2.75) is 6.42 Å². The van der Waals surface area contributed by atoms with Gasteiger partial charge in [0.1, 0.15) is 0 Å². The van der Waals surface area contributed by atoms with E-state index >= 15 is 0 Å². The van der Waals surface area contributed by atoms with Crippen molar-refractivity contribution in [3.63, 3.8) is 0 Å². The first kappa shape index (κ1) is 19.7. The number of halogens is 1. The molecule has 0 aliphatic carbocycles. The minimum atomic E-state index is -0.535. The minimum absolute atomic E-state index is 0.100. The summed E-state index contributed by atoms with van der Waals surface area (Å²) in [5.41, 5.74) is 0.953. The van der Waals surface area contributed by atoms with Gasteiger partial charge in [0.15, 0.2) is 12.4 Å². The second-order valence-corrected chi connectivity index (χ2v) is 6.23. The second kappa shape index (κ2) is 9.73. The lowest BCUT2D eigenvalue weighted by Gasteiger charge is -2.20. The first-order valence-electron chi connectivity index (χ1n) is 7.79. The topological polar surface area (TPSA) is 127 Å². The second-order valence-electron chi connectivity index (χ2n) is 5.31. The van der Waals surface area contributed by atoms with Gasteiger partial charge in [0.2, 0.25) is 0 Å². The van der Waals surface area contributed by atoms with Gasteiger partial charge in [-0.3, -0.25) is 0 Å². The van der Waals surface area contributed by atoms with Gasteiger partial charge in [-0.25, -0.2) is 0 Å². The summed E-state index contributed by atoms with van der Waals surface area (Å²) in [5.74, 6) is -0.236. The molecule has 0 spiro atoms.